The number of ether oxygens (including phenoxy) is 1. The molecule has 4 heteroatoms. The fourth-order valence-corrected chi connectivity index (χ4v) is 3.37. The normalized spacial score (nSPS) is 24.7. The molecule has 0 aromatic heterocycles. The first-order chi connectivity index (χ1) is 8.63. The Kier molecular flexibility index (Phi) is 4.78. The summed E-state index contributed by atoms with van der Waals surface area (Å²) in [6.45, 7) is 4.85. The molecule has 2 rings (SSSR count). The van der Waals surface area contributed by atoms with Gasteiger partial charge in [0.1, 0.15) is 0 Å². The van der Waals surface area contributed by atoms with Gasteiger partial charge in [-0.1, -0.05) is 28.1 Å². The van der Waals surface area contributed by atoms with E-state index in [9.17, 15) is 0 Å². The molecule has 100 valence electrons. The van der Waals surface area contributed by atoms with Crippen molar-refractivity contribution in [3.63, 3.8) is 0 Å². The molecule has 1 fully saturated rings. The Morgan fingerprint density at radius 3 is 2.94 bits per heavy atom. The van der Waals surface area contributed by atoms with Crippen molar-refractivity contribution in [2.45, 2.75) is 25.4 Å². The second kappa shape index (κ2) is 6.15. The molecule has 1 heterocycles. The second-order valence-corrected chi connectivity index (χ2v) is 5.81. The number of aryl methyl sites for hydroxylation is 1. The lowest BCUT2D eigenvalue weighted by Gasteiger charge is -2.27. The van der Waals surface area contributed by atoms with E-state index in [-0.39, 0.29) is 6.04 Å². The van der Waals surface area contributed by atoms with Gasteiger partial charge < -0.3 is 10.5 Å². The molecular weight excluding hydrogens is 292 g/mol. The number of hydrogen-bond acceptors (Lipinski definition) is 3. The van der Waals surface area contributed by atoms with E-state index >= 15 is 0 Å². The fraction of sp³-hybridized carbons (Fsp3) is 0.571. The molecule has 0 spiro atoms. The van der Waals surface area contributed by atoms with Crippen LogP contribution in [0.3, 0.4) is 0 Å². The van der Waals surface area contributed by atoms with Crippen molar-refractivity contribution in [1.82, 2.24) is 4.90 Å². The molecule has 1 saturated heterocycles. The summed E-state index contributed by atoms with van der Waals surface area (Å²) >= 11 is 3.67. The molecule has 2 atom stereocenters. The van der Waals surface area contributed by atoms with Crippen molar-refractivity contribution in [2.75, 3.05) is 26.8 Å². The van der Waals surface area contributed by atoms with E-state index in [1.807, 2.05) is 0 Å². The van der Waals surface area contributed by atoms with E-state index in [0.717, 1.165) is 30.6 Å². The smallest absolute Gasteiger partial charge is 0.0589 e. The Bertz CT molecular complexity index is 411. The Balaban J connectivity index is 2.22. The van der Waals surface area contributed by atoms with Crippen LogP contribution in [0.25, 0.3) is 0 Å². The zero-order chi connectivity index (χ0) is 13.1. The minimum absolute atomic E-state index is 0.209. The lowest BCUT2D eigenvalue weighted by Crippen LogP contribution is -2.34. The number of nitrogens with two attached hydrogens (primary N) is 1. The Morgan fingerprint density at radius 1 is 1.50 bits per heavy atom. The molecule has 2 N–H and O–H groups in total. The highest BCUT2D eigenvalue weighted by Gasteiger charge is 2.33. The van der Waals surface area contributed by atoms with Gasteiger partial charge in [0.25, 0.3) is 0 Å². The second-order valence-electron chi connectivity index (χ2n) is 4.95. The van der Waals surface area contributed by atoms with Gasteiger partial charge in [0, 0.05) is 30.7 Å². The van der Waals surface area contributed by atoms with Crippen LogP contribution in [0.15, 0.2) is 22.7 Å². The summed E-state index contributed by atoms with van der Waals surface area (Å²) in [6, 6.07) is 7.01. The zero-order valence-electron chi connectivity index (χ0n) is 11.0. The van der Waals surface area contributed by atoms with E-state index in [1.165, 1.54) is 11.1 Å². The quantitative estimate of drug-likeness (QED) is 0.928. The van der Waals surface area contributed by atoms with Gasteiger partial charge in [-0.3, -0.25) is 4.90 Å². The van der Waals surface area contributed by atoms with Crippen LogP contribution < -0.4 is 5.73 Å². The van der Waals surface area contributed by atoms with Crippen LogP contribution in [0.4, 0.5) is 0 Å². The van der Waals surface area contributed by atoms with Crippen molar-refractivity contribution in [3.8, 4) is 0 Å². The van der Waals surface area contributed by atoms with Crippen LogP contribution in [-0.2, 0) is 4.74 Å². The predicted molar refractivity (Wildman–Crippen MR) is 77.7 cm³/mol. The summed E-state index contributed by atoms with van der Waals surface area (Å²) in [4.78, 5) is 2.42. The number of hydrogen-bond donors (Lipinski definition) is 1. The SMILES string of the molecule is COCCN1CCC(N)C1c1ccc(C)cc1Br. The standard InChI is InChI=1S/C14H21BrN2O/c1-10-3-4-11(12(15)9-10)14-13(16)5-6-17(14)7-8-18-2/h3-4,9,13-14H,5-8,16H2,1-2H3. The highest BCUT2D eigenvalue weighted by Crippen LogP contribution is 2.35. The maximum absolute atomic E-state index is 6.28. The van der Waals surface area contributed by atoms with Crippen LogP contribution in [0, 0.1) is 6.92 Å². The topological polar surface area (TPSA) is 38.5 Å². The zero-order valence-corrected chi connectivity index (χ0v) is 12.6. The molecule has 1 aliphatic rings. The maximum Gasteiger partial charge on any atom is 0.0589 e. The van der Waals surface area contributed by atoms with Crippen molar-refractivity contribution in [1.29, 1.82) is 0 Å². The van der Waals surface area contributed by atoms with E-state index in [1.54, 1.807) is 7.11 Å². The summed E-state index contributed by atoms with van der Waals surface area (Å²) in [6.07, 6.45) is 1.05. The minimum Gasteiger partial charge on any atom is -0.383 e. The van der Waals surface area contributed by atoms with Crippen molar-refractivity contribution in [2.24, 2.45) is 5.73 Å². The van der Waals surface area contributed by atoms with Gasteiger partial charge in [-0.15, -0.1) is 0 Å². The van der Waals surface area contributed by atoms with E-state index < -0.39 is 0 Å². The van der Waals surface area contributed by atoms with Crippen LogP contribution in [-0.4, -0.2) is 37.7 Å². The first-order valence-corrected chi connectivity index (χ1v) is 7.17. The molecule has 1 aliphatic heterocycles. The third kappa shape index (κ3) is 2.94. The van der Waals surface area contributed by atoms with Gasteiger partial charge in [-0.2, -0.15) is 0 Å². The number of halogens is 1. The van der Waals surface area contributed by atoms with Gasteiger partial charge in [-0.05, 0) is 30.5 Å². The summed E-state index contributed by atoms with van der Waals surface area (Å²) in [5, 5.41) is 0. The van der Waals surface area contributed by atoms with E-state index in [4.69, 9.17) is 10.5 Å². The first-order valence-electron chi connectivity index (χ1n) is 6.38. The van der Waals surface area contributed by atoms with Crippen LogP contribution in [0.2, 0.25) is 0 Å². The number of methoxy groups -OCH3 is 1. The third-order valence-electron chi connectivity index (χ3n) is 3.61. The number of benzene rings is 1. The molecule has 0 radical (unpaired) electrons. The monoisotopic (exact) mass is 312 g/mol. The fourth-order valence-electron chi connectivity index (χ4n) is 2.64. The van der Waals surface area contributed by atoms with Crippen molar-refractivity contribution >= 4 is 15.9 Å². The molecule has 18 heavy (non-hydrogen) atoms. The van der Waals surface area contributed by atoms with Gasteiger partial charge in [0.05, 0.1) is 12.6 Å². The van der Waals surface area contributed by atoms with Gasteiger partial charge in [0.15, 0.2) is 0 Å². The Morgan fingerprint density at radius 2 is 2.28 bits per heavy atom. The minimum atomic E-state index is 0.209. The lowest BCUT2D eigenvalue weighted by molar-refractivity contribution is 0.139. The van der Waals surface area contributed by atoms with E-state index in [0.29, 0.717) is 6.04 Å². The number of likely N-dealkylation sites (tertiary alicyclic amines) is 1. The lowest BCUT2D eigenvalue weighted by atomic mass is 9.99. The average molecular weight is 313 g/mol. The highest BCUT2D eigenvalue weighted by molar-refractivity contribution is 9.10. The van der Waals surface area contributed by atoms with Gasteiger partial charge in [-0.25, -0.2) is 0 Å². The average Bonchev–Trinajstić information content (AvgIpc) is 2.68. The van der Waals surface area contributed by atoms with Gasteiger partial charge >= 0.3 is 0 Å². The van der Waals surface area contributed by atoms with Crippen molar-refractivity contribution < 1.29 is 4.74 Å². The molecule has 0 amide bonds. The Labute approximate surface area is 117 Å². The molecule has 2 unspecified atom stereocenters. The third-order valence-corrected chi connectivity index (χ3v) is 4.29. The molecule has 3 nitrogen and oxygen atoms in total. The van der Waals surface area contributed by atoms with Gasteiger partial charge in [0.2, 0.25) is 0 Å². The van der Waals surface area contributed by atoms with Crippen LogP contribution >= 0.6 is 15.9 Å². The van der Waals surface area contributed by atoms with Crippen LogP contribution in [0.1, 0.15) is 23.6 Å². The number of rotatable bonds is 4. The molecule has 1 aromatic carbocycles. The predicted octanol–water partition coefficient (Wildman–Crippen LogP) is 2.48. The number of nitrogens with zero attached hydrogens (tertiary/aromatic N) is 1. The molecule has 0 aliphatic carbocycles. The summed E-state index contributed by atoms with van der Waals surface area (Å²) < 4.78 is 6.34. The van der Waals surface area contributed by atoms with E-state index in [2.05, 4.69) is 46.0 Å². The molecule has 0 bridgehead atoms. The highest BCUT2D eigenvalue weighted by atomic mass is 79.9. The summed E-state index contributed by atoms with van der Waals surface area (Å²) in [7, 11) is 1.74. The van der Waals surface area contributed by atoms with Crippen LogP contribution in [0.5, 0.6) is 0 Å². The first kappa shape index (κ1) is 14.0. The molecular formula is C14H21BrN2O. The van der Waals surface area contributed by atoms with Crippen molar-refractivity contribution in [3.05, 3.63) is 33.8 Å². The molecule has 0 saturated carbocycles. The summed E-state index contributed by atoms with van der Waals surface area (Å²) in [5.74, 6) is 0. The Hall–Kier alpha value is -0.420. The largest absolute Gasteiger partial charge is 0.383 e. The maximum atomic E-state index is 6.28. The summed E-state index contributed by atoms with van der Waals surface area (Å²) in [5.41, 5.74) is 8.83. The molecule has 1 aromatic rings.